The van der Waals surface area contributed by atoms with E-state index in [1.807, 2.05) is 0 Å². The van der Waals surface area contributed by atoms with Gasteiger partial charge in [-0.05, 0) is 44.6 Å². The second-order valence-corrected chi connectivity index (χ2v) is 7.37. The molecule has 0 unspecified atom stereocenters. The molecule has 0 spiro atoms. The first-order chi connectivity index (χ1) is 9.56. The molecule has 0 aromatic heterocycles. The van der Waals surface area contributed by atoms with E-state index in [0.717, 1.165) is 19.0 Å². The van der Waals surface area contributed by atoms with Crippen molar-refractivity contribution in [3.05, 3.63) is 0 Å². The number of hydrogen-bond donors (Lipinski definition) is 0. The number of amides is 1. The lowest BCUT2D eigenvalue weighted by Crippen LogP contribution is -2.43. The first-order valence-electron chi connectivity index (χ1n) is 8.54. The molecule has 3 nitrogen and oxygen atoms in total. The molecule has 0 saturated heterocycles. The molecule has 20 heavy (non-hydrogen) atoms. The van der Waals surface area contributed by atoms with Crippen molar-refractivity contribution in [1.82, 2.24) is 9.80 Å². The molecule has 0 aromatic carbocycles. The summed E-state index contributed by atoms with van der Waals surface area (Å²) < 4.78 is 0. The first kappa shape index (κ1) is 15.8. The third kappa shape index (κ3) is 5.08. The quantitative estimate of drug-likeness (QED) is 0.715. The van der Waals surface area contributed by atoms with E-state index in [-0.39, 0.29) is 0 Å². The van der Waals surface area contributed by atoms with Crippen molar-refractivity contribution in [1.29, 1.82) is 0 Å². The minimum absolute atomic E-state index is 0.347. The molecule has 3 heteroatoms. The Morgan fingerprint density at radius 1 is 1.10 bits per heavy atom. The van der Waals surface area contributed by atoms with Crippen molar-refractivity contribution < 1.29 is 4.79 Å². The van der Waals surface area contributed by atoms with Gasteiger partial charge in [0.1, 0.15) is 0 Å². The third-order valence-corrected chi connectivity index (χ3v) is 4.57. The summed E-state index contributed by atoms with van der Waals surface area (Å²) in [5, 5.41) is 0. The van der Waals surface area contributed by atoms with Crippen LogP contribution in [0.25, 0.3) is 0 Å². The van der Waals surface area contributed by atoms with Gasteiger partial charge in [-0.25, -0.2) is 0 Å². The molecule has 2 saturated carbocycles. The van der Waals surface area contributed by atoms with Gasteiger partial charge in [-0.2, -0.15) is 0 Å². The van der Waals surface area contributed by atoms with Gasteiger partial charge in [0, 0.05) is 19.1 Å². The van der Waals surface area contributed by atoms with Gasteiger partial charge in [-0.1, -0.05) is 33.1 Å². The molecule has 2 rings (SSSR count). The lowest BCUT2D eigenvalue weighted by Gasteiger charge is -2.30. The summed E-state index contributed by atoms with van der Waals surface area (Å²) in [4.78, 5) is 16.9. The summed E-state index contributed by atoms with van der Waals surface area (Å²) in [5.74, 6) is 1.74. The maximum absolute atomic E-state index is 12.5. The smallest absolute Gasteiger partial charge is 0.236 e. The largest absolute Gasteiger partial charge is 0.338 e. The normalized spacial score (nSPS) is 20.6. The van der Waals surface area contributed by atoms with Crippen LogP contribution in [-0.4, -0.2) is 48.4 Å². The molecule has 116 valence electrons. The number of likely N-dealkylation sites (N-methyl/N-ethyl adjacent to an activating group) is 1. The van der Waals surface area contributed by atoms with Gasteiger partial charge in [0.05, 0.1) is 6.54 Å². The van der Waals surface area contributed by atoms with Gasteiger partial charge in [-0.3, -0.25) is 9.69 Å². The number of hydrogen-bond acceptors (Lipinski definition) is 2. The van der Waals surface area contributed by atoms with Gasteiger partial charge >= 0.3 is 0 Å². The van der Waals surface area contributed by atoms with Gasteiger partial charge in [-0.15, -0.1) is 0 Å². The molecule has 0 aliphatic heterocycles. The van der Waals surface area contributed by atoms with Gasteiger partial charge in [0.25, 0.3) is 0 Å². The van der Waals surface area contributed by atoms with E-state index in [0.29, 0.717) is 24.4 Å². The van der Waals surface area contributed by atoms with Crippen molar-refractivity contribution in [2.75, 3.05) is 26.7 Å². The van der Waals surface area contributed by atoms with E-state index >= 15 is 0 Å². The maximum atomic E-state index is 12.5. The van der Waals surface area contributed by atoms with Crippen LogP contribution in [0, 0.1) is 11.8 Å². The average Bonchev–Trinajstić information content (AvgIpc) is 3.20. The zero-order valence-corrected chi connectivity index (χ0v) is 13.6. The molecule has 0 heterocycles. The Morgan fingerprint density at radius 3 is 2.30 bits per heavy atom. The summed E-state index contributed by atoms with van der Waals surface area (Å²) >= 11 is 0. The Hall–Kier alpha value is -0.570. The molecule has 0 radical (unpaired) electrons. The highest BCUT2D eigenvalue weighted by molar-refractivity contribution is 5.79. The van der Waals surface area contributed by atoms with Crippen LogP contribution in [0.15, 0.2) is 0 Å². The van der Waals surface area contributed by atoms with Crippen molar-refractivity contribution in [2.45, 2.75) is 64.8 Å². The van der Waals surface area contributed by atoms with Crippen LogP contribution in [0.2, 0.25) is 0 Å². The fourth-order valence-corrected chi connectivity index (χ4v) is 3.43. The van der Waals surface area contributed by atoms with Crippen LogP contribution in [0.5, 0.6) is 0 Å². The highest BCUT2D eigenvalue weighted by Crippen LogP contribution is 2.28. The maximum Gasteiger partial charge on any atom is 0.236 e. The zero-order valence-electron chi connectivity index (χ0n) is 13.6. The van der Waals surface area contributed by atoms with E-state index in [1.165, 1.54) is 44.9 Å². The molecule has 2 aliphatic carbocycles. The van der Waals surface area contributed by atoms with E-state index in [9.17, 15) is 4.79 Å². The number of nitrogens with zero attached hydrogens (tertiary/aromatic N) is 2. The summed E-state index contributed by atoms with van der Waals surface area (Å²) in [6, 6.07) is 0.549. The second kappa shape index (κ2) is 7.44. The van der Waals surface area contributed by atoms with Crippen molar-refractivity contribution in [3.8, 4) is 0 Å². The topological polar surface area (TPSA) is 23.6 Å². The minimum atomic E-state index is 0.347. The van der Waals surface area contributed by atoms with Crippen LogP contribution < -0.4 is 0 Å². The van der Waals surface area contributed by atoms with Gasteiger partial charge in [0.15, 0.2) is 0 Å². The Balaban J connectivity index is 1.76. The molecule has 0 bridgehead atoms. The van der Waals surface area contributed by atoms with Crippen LogP contribution in [-0.2, 0) is 4.79 Å². The predicted octanol–water partition coefficient (Wildman–Crippen LogP) is 3.15. The Labute approximate surface area is 124 Å². The Kier molecular flexibility index (Phi) is 5.88. The van der Waals surface area contributed by atoms with Crippen molar-refractivity contribution >= 4 is 5.91 Å². The molecule has 2 fully saturated rings. The molecule has 0 N–H and O–H groups in total. The van der Waals surface area contributed by atoms with E-state index < -0.39 is 0 Å². The highest BCUT2D eigenvalue weighted by Gasteiger charge is 2.33. The molecular weight excluding hydrogens is 248 g/mol. The van der Waals surface area contributed by atoms with Crippen molar-refractivity contribution in [3.63, 3.8) is 0 Å². The van der Waals surface area contributed by atoms with Crippen LogP contribution >= 0.6 is 0 Å². The second-order valence-electron chi connectivity index (χ2n) is 7.37. The first-order valence-corrected chi connectivity index (χ1v) is 8.54. The summed E-state index contributed by atoms with van der Waals surface area (Å²) in [6.07, 6.45) is 9.31. The summed E-state index contributed by atoms with van der Waals surface area (Å²) in [7, 11) is 2.12. The number of carbonyl (C=O) groups excluding carboxylic acids is 1. The van der Waals surface area contributed by atoms with Crippen LogP contribution in [0.4, 0.5) is 0 Å². The monoisotopic (exact) mass is 280 g/mol. The average molecular weight is 280 g/mol. The molecule has 1 amide bonds. The number of rotatable bonds is 7. The van der Waals surface area contributed by atoms with E-state index in [1.54, 1.807) is 0 Å². The Morgan fingerprint density at radius 2 is 1.75 bits per heavy atom. The fourth-order valence-electron chi connectivity index (χ4n) is 3.43. The minimum Gasteiger partial charge on any atom is -0.338 e. The Bertz CT molecular complexity index is 306. The predicted molar refractivity (Wildman–Crippen MR) is 83.6 cm³/mol. The summed E-state index contributed by atoms with van der Waals surface area (Å²) in [6.45, 7) is 7.05. The molecule has 0 atom stereocenters. The van der Waals surface area contributed by atoms with Gasteiger partial charge in [0.2, 0.25) is 5.91 Å². The molecular formula is C17H32N2O. The van der Waals surface area contributed by atoms with E-state index in [2.05, 4.69) is 30.7 Å². The zero-order chi connectivity index (χ0) is 14.5. The standard InChI is InChI=1S/C17H32N2O/c1-14(2)11-19(16-9-10-16)17(20)13-18(3)12-15-7-5-4-6-8-15/h14-16H,4-13H2,1-3H3. The van der Waals surface area contributed by atoms with Crippen molar-refractivity contribution in [2.24, 2.45) is 11.8 Å². The molecule has 0 aromatic rings. The lowest BCUT2D eigenvalue weighted by molar-refractivity contribution is -0.133. The SMILES string of the molecule is CC(C)CN(C(=O)CN(C)CC1CCCCC1)C1CC1. The number of carbonyl (C=O) groups is 1. The summed E-state index contributed by atoms with van der Waals surface area (Å²) in [5.41, 5.74) is 0. The lowest BCUT2D eigenvalue weighted by atomic mass is 9.89. The third-order valence-electron chi connectivity index (χ3n) is 4.57. The van der Waals surface area contributed by atoms with Crippen LogP contribution in [0.3, 0.4) is 0 Å². The highest BCUT2D eigenvalue weighted by atomic mass is 16.2. The molecule has 2 aliphatic rings. The fraction of sp³-hybridized carbons (Fsp3) is 0.941. The van der Waals surface area contributed by atoms with Gasteiger partial charge < -0.3 is 4.90 Å². The van der Waals surface area contributed by atoms with E-state index in [4.69, 9.17) is 0 Å². The van der Waals surface area contributed by atoms with Crippen LogP contribution in [0.1, 0.15) is 58.8 Å².